The minimum absolute atomic E-state index is 0.717. The van der Waals surface area contributed by atoms with Crippen molar-refractivity contribution in [3.8, 4) is 0 Å². The summed E-state index contributed by atoms with van der Waals surface area (Å²) < 4.78 is 0. The quantitative estimate of drug-likeness (QED) is 0.457. The number of H-pyrrole nitrogens is 1. The molecular formula is C23H33N. The molecule has 130 valence electrons. The molecule has 1 N–H and O–H groups in total. The summed E-state index contributed by atoms with van der Waals surface area (Å²) in [6.45, 7) is 10.7. The van der Waals surface area contributed by atoms with E-state index in [1.165, 1.54) is 54.5 Å². The van der Waals surface area contributed by atoms with E-state index in [1.807, 2.05) is 6.20 Å². The number of hydrogen-bond acceptors (Lipinski definition) is 0. The van der Waals surface area contributed by atoms with Crippen LogP contribution in [0.4, 0.5) is 0 Å². The van der Waals surface area contributed by atoms with Gasteiger partial charge in [0.2, 0.25) is 0 Å². The molecular weight excluding hydrogens is 290 g/mol. The Morgan fingerprint density at radius 3 is 2.67 bits per heavy atom. The topological polar surface area (TPSA) is 15.8 Å². The molecule has 24 heavy (non-hydrogen) atoms. The Balaban J connectivity index is 1.77. The van der Waals surface area contributed by atoms with E-state index < -0.39 is 0 Å². The van der Waals surface area contributed by atoms with Gasteiger partial charge in [-0.25, -0.2) is 0 Å². The molecule has 0 aliphatic heterocycles. The monoisotopic (exact) mass is 323 g/mol. The molecule has 0 saturated heterocycles. The van der Waals surface area contributed by atoms with Crippen LogP contribution < -0.4 is 0 Å². The zero-order chi connectivity index (χ0) is 17.4. The number of unbranched alkanes of at least 4 members (excludes halogenated alkanes) is 2. The number of hydrogen-bond donors (Lipinski definition) is 1. The predicted molar refractivity (Wildman–Crippen MR) is 107 cm³/mol. The van der Waals surface area contributed by atoms with Gasteiger partial charge in [-0.3, -0.25) is 0 Å². The van der Waals surface area contributed by atoms with Gasteiger partial charge in [0.15, 0.2) is 0 Å². The van der Waals surface area contributed by atoms with Crippen molar-refractivity contribution in [2.24, 2.45) is 0 Å². The van der Waals surface area contributed by atoms with Crippen LogP contribution >= 0.6 is 0 Å². The molecule has 0 spiro atoms. The third kappa shape index (κ3) is 5.12. The van der Waals surface area contributed by atoms with Crippen molar-refractivity contribution in [1.82, 2.24) is 4.98 Å². The van der Waals surface area contributed by atoms with Crippen molar-refractivity contribution in [2.45, 2.75) is 71.6 Å². The average molecular weight is 324 g/mol. The van der Waals surface area contributed by atoms with E-state index >= 15 is 0 Å². The summed E-state index contributed by atoms with van der Waals surface area (Å²) in [5, 5.41) is 0. The zero-order valence-electron chi connectivity index (χ0n) is 15.7. The van der Waals surface area contributed by atoms with Gasteiger partial charge in [-0.05, 0) is 73.3 Å². The largest absolute Gasteiger partial charge is 0.361 e. The highest BCUT2D eigenvalue weighted by atomic mass is 14.7. The summed E-state index contributed by atoms with van der Waals surface area (Å²) in [4.78, 5) is 3.31. The molecule has 0 aliphatic carbocycles. The number of benzene rings is 1. The van der Waals surface area contributed by atoms with Crippen LogP contribution in [-0.4, -0.2) is 4.98 Å². The molecule has 0 radical (unpaired) electrons. The lowest BCUT2D eigenvalue weighted by atomic mass is 9.89. The number of aromatic nitrogens is 1. The summed E-state index contributed by atoms with van der Waals surface area (Å²) in [7, 11) is 0. The first kappa shape index (κ1) is 18.6. The molecule has 1 nitrogen and oxygen atoms in total. The molecule has 0 amide bonds. The minimum Gasteiger partial charge on any atom is -0.361 e. The Morgan fingerprint density at radius 2 is 1.96 bits per heavy atom. The van der Waals surface area contributed by atoms with Crippen molar-refractivity contribution in [1.29, 1.82) is 0 Å². The minimum atomic E-state index is 0.717. The van der Waals surface area contributed by atoms with E-state index in [2.05, 4.69) is 62.7 Å². The van der Waals surface area contributed by atoms with Crippen LogP contribution in [0.1, 0.15) is 81.2 Å². The Bertz CT molecular complexity index is 635. The van der Waals surface area contributed by atoms with Crippen molar-refractivity contribution in [2.75, 3.05) is 0 Å². The standard InChI is InChI=1S/C23H33N/c1-5-19-11-10-14-22(17-19)20(6-2)12-8-7-9-13-21-15-16-24-23(21)18(3)4/h10-11,14-17,20,24H,3,5-9,12-13H2,1-2,4H3. The fraction of sp³-hybridized carbons (Fsp3) is 0.478. The van der Waals surface area contributed by atoms with Crippen LogP contribution in [0, 0.1) is 0 Å². The van der Waals surface area contributed by atoms with Gasteiger partial charge in [-0.2, -0.15) is 0 Å². The van der Waals surface area contributed by atoms with Crippen molar-refractivity contribution < 1.29 is 0 Å². The van der Waals surface area contributed by atoms with Crippen molar-refractivity contribution in [3.63, 3.8) is 0 Å². The predicted octanol–water partition coefficient (Wildman–Crippen LogP) is 6.91. The summed E-state index contributed by atoms with van der Waals surface area (Å²) in [6, 6.07) is 11.4. The van der Waals surface area contributed by atoms with Gasteiger partial charge in [-0.1, -0.05) is 57.5 Å². The fourth-order valence-electron chi connectivity index (χ4n) is 3.56. The van der Waals surface area contributed by atoms with E-state index in [1.54, 1.807) is 0 Å². The number of rotatable bonds is 10. The average Bonchev–Trinajstić information content (AvgIpc) is 3.07. The third-order valence-electron chi connectivity index (χ3n) is 5.08. The van der Waals surface area contributed by atoms with Crippen LogP contribution in [0.2, 0.25) is 0 Å². The highest BCUT2D eigenvalue weighted by molar-refractivity contribution is 5.61. The number of nitrogens with one attached hydrogen (secondary N) is 1. The number of aryl methyl sites for hydroxylation is 2. The molecule has 0 bridgehead atoms. The van der Waals surface area contributed by atoms with Crippen LogP contribution in [0.3, 0.4) is 0 Å². The highest BCUT2D eigenvalue weighted by Crippen LogP contribution is 2.27. The van der Waals surface area contributed by atoms with Gasteiger partial charge < -0.3 is 4.98 Å². The van der Waals surface area contributed by atoms with Gasteiger partial charge in [0.1, 0.15) is 0 Å². The Morgan fingerprint density at radius 1 is 1.12 bits per heavy atom. The van der Waals surface area contributed by atoms with E-state index in [0.29, 0.717) is 0 Å². The molecule has 1 unspecified atom stereocenters. The van der Waals surface area contributed by atoms with Gasteiger partial charge >= 0.3 is 0 Å². The highest BCUT2D eigenvalue weighted by Gasteiger charge is 2.10. The Hall–Kier alpha value is -1.76. The lowest BCUT2D eigenvalue weighted by Gasteiger charge is -2.16. The van der Waals surface area contributed by atoms with Gasteiger partial charge in [0.25, 0.3) is 0 Å². The number of allylic oxidation sites excluding steroid dienone is 1. The van der Waals surface area contributed by atoms with Gasteiger partial charge in [0, 0.05) is 11.9 Å². The summed E-state index contributed by atoms with van der Waals surface area (Å²) in [5.41, 5.74) is 6.79. The molecule has 0 aliphatic rings. The molecule has 2 aromatic rings. The molecule has 1 atom stereocenters. The molecule has 2 rings (SSSR count). The summed E-state index contributed by atoms with van der Waals surface area (Å²) in [5.74, 6) is 0.717. The maximum absolute atomic E-state index is 4.05. The lowest BCUT2D eigenvalue weighted by Crippen LogP contribution is -1.99. The van der Waals surface area contributed by atoms with Crippen LogP contribution in [0.15, 0.2) is 43.1 Å². The molecule has 1 heteroatoms. The maximum Gasteiger partial charge on any atom is 0.0436 e. The first-order valence-corrected chi connectivity index (χ1v) is 9.56. The summed E-state index contributed by atoms with van der Waals surface area (Å²) in [6.07, 6.45) is 10.8. The van der Waals surface area contributed by atoms with E-state index in [0.717, 1.165) is 24.3 Å². The molecule has 0 saturated carbocycles. The first-order chi connectivity index (χ1) is 11.7. The van der Waals surface area contributed by atoms with Gasteiger partial charge in [-0.15, -0.1) is 0 Å². The van der Waals surface area contributed by atoms with Crippen LogP contribution in [-0.2, 0) is 12.8 Å². The maximum atomic E-state index is 4.05. The van der Waals surface area contributed by atoms with Crippen LogP contribution in [0.5, 0.6) is 0 Å². The first-order valence-electron chi connectivity index (χ1n) is 9.56. The molecule has 1 aromatic heterocycles. The second-order valence-electron chi connectivity index (χ2n) is 6.96. The van der Waals surface area contributed by atoms with Crippen LogP contribution in [0.25, 0.3) is 5.57 Å². The summed E-state index contributed by atoms with van der Waals surface area (Å²) >= 11 is 0. The van der Waals surface area contributed by atoms with Crippen molar-refractivity contribution >= 4 is 5.57 Å². The molecule has 1 heterocycles. The zero-order valence-corrected chi connectivity index (χ0v) is 15.7. The normalized spacial score (nSPS) is 12.3. The molecule has 1 aromatic carbocycles. The van der Waals surface area contributed by atoms with E-state index in [9.17, 15) is 0 Å². The van der Waals surface area contributed by atoms with Crippen molar-refractivity contribution in [3.05, 3.63) is 65.5 Å². The second-order valence-corrected chi connectivity index (χ2v) is 6.96. The molecule has 0 fully saturated rings. The smallest absolute Gasteiger partial charge is 0.0436 e. The second kappa shape index (κ2) is 9.52. The Kier molecular flexibility index (Phi) is 7.36. The number of aromatic amines is 1. The SMILES string of the molecule is C=C(C)c1[nH]ccc1CCCCCC(CC)c1cccc(CC)c1. The van der Waals surface area contributed by atoms with E-state index in [-0.39, 0.29) is 0 Å². The lowest BCUT2D eigenvalue weighted by molar-refractivity contribution is 0.545. The fourth-order valence-corrected chi connectivity index (χ4v) is 3.56. The Labute approximate surface area is 148 Å². The van der Waals surface area contributed by atoms with Gasteiger partial charge in [0.05, 0.1) is 0 Å². The third-order valence-corrected chi connectivity index (χ3v) is 5.08. The van der Waals surface area contributed by atoms with E-state index in [4.69, 9.17) is 0 Å².